The molecular formula is C32H48F2N2O10. The smallest absolute Gasteiger partial charge is 0.407 e. The van der Waals surface area contributed by atoms with Crippen LogP contribution < -0.4 is 10.6 Å². The van der Waals surface area contributed by atoms with Crippen LogP contribution in [0.3, 0.4) is 0 Å². The SMILES string of the molecule is C=CC(=O)OCC(COC(=O)C=C)(COC(=O)C=C)COC(C)(C)C(=O)NCC1CC(C)(C)CC(C)(NC(=O)OCC(C)(F)F)C1. The van der Waals surface area contributed by atoms with Gasteiger partial charge < -0.3 is 34.3 Å². The molecule has 0 bridgehead atoms. The van der Waals surface area contributed by atoms with Crippen LogP contribution in [0.1, 0.15) is 60.8 Å². The quantitative estimate of drug-likeness (QED) is 0.125. The topological polar surface area (TPSA) is 156 Å². The lowest BCUT2D eigenvalue weighted by Crippen LogP contribution is -2.55. The second kappa shape index (κ2) is 16.7. The normalized spacial score (nSPS) is 19.5. The van der Waals surface area contributed by atoms with E-state index in [0.29, 0.717) is 26.2 Å². The van der Waals surface area contributed by atoms with Crippen molar-refractivity contribution >= 4 is 29.9 Å². The zero-order valence-corrected chi connectivity index (χ0v) is 27.6. The van der Waals surface area contributed by atoms with Gasteiger partial charge >= 0.3 is 24.0 Å². The van der Waals surface area contributed by atoms with Crippen LogP contribution in [-0.4, -0.2) is 86.6 Å². The maximum Gasteiger partial charge on any atom is 0.407 e. The maximum atomic E-state index is 13.3. The number of carbonyl (C=O) groups is 5. The highest BCUT2D eigenvalue weighted by molar-refractivity contribution is 5.84. The standard InChI is InChI=1S/C32H48F2N2O10/c1-10-23(37)42-18-32(19-43-24(38)11-2,20-44-25(39)12-3)21-46-29(6,7)26(40)35-15-22-13-28(4,5)16-30(8,14-22)36-27(41)45-17-31(9,33)34/h10-12,22H,1-3,13-21H2,4-9H3,(H,35,40)(H,36,41). The highest BCUT2D eigenvalue weighted by Crippen LogP contribution is 2.44. The van der Waals surface area contributed by atoms with Gasteiger partial charge in [0.2, 0.25) is 0 Å². The Labute approximate surface area is 269 Å². The molecule has 12 nitrogen and oxygen atoms in total. The number of amides is 2. The number of carbonyl (C=O) groups excluding carboxylic acids is 5. The van der Waals surface area contributed by atoms with Crippen LogP contribution in [0.4, 0.5) is 13.6 Å². The first kappa shape index (κ1) is 40.2. The number of hydrogen-bond donors (Lipinski definition) is 2. The zero-order valence-electron chi connectivity index (χ0n) is 27.6. The lowest BCUT2D eigenvalue weighted by atomic mass is 9.64. The van der Waals surface area contributed by atoms with Crippen molar-refractivity contribution in [1.82, 2.24) is 10.6 Å². The van der Waals surface area contributed by atoms with Gasteiger partial charge in [0.25, 0.3) is 11.8 Å². The molecule has 0 aromatic rings. The number of rotatable bonds is 18. The molecule has 0 saturated heterocycles. The Kier molecular flexibility index (Phi) is 14.6. The Balaban J connectivity index is 3.03. The fourth-order valence-corrected chi connectivity index (χ4v) is 5.35. The average Bonchev–Trinajstić information content (AvgIpc) is 2.95. The van der Waals surface area contributed by atoms with Crippen molar-refractivity contribution in [2.24, 2.45) is 16.7 Å². The minimum atomic E-state index is -3.16. The lowest BCUT2D eigenvalue weighted by Gasteiger charge is -2.47. The second-order valence-electron chi connectivity index (χ2n) is 13.4. The van der Waals surface area contributed by atoms with E-state index in [1.165, 1.54) is 13.8 Å². The summed E-state index contributed by atoms with van der Waals surface area (Å²) in [5.41, 5.74) is -3.94. The molecule has 1 fully saturated rings. The van der Waals surface area contributed by atoms with Gasteiger partial charge in [-0.05, 0) is 51.4 Å². The molecule has 14 heteroatoms. The van der Waals surface area contributed by atoms with Gasteiger partial charge in [0.05, 0.1) is 12.0 Å². The average molecular weight is 659 g/mol. The number of ether oxygens (including phenoxy) is 5. The summed E-state index contributed by atoms with van der Waals surface area (Å²) in [6, 6.07) is 0. The Hall–Kier alpha value is -3.81. The molecule has 1 aliphatic rings. The van der Waals surface area contributed by atoms with Crippen LogP contribution in [0, 0.1) is 16.7 Å². The predicted octanol–water partition coefficient (Wildman–Crippen LogP) is 4.04. The Bertz CT molecular complexity index is 1090. The lowest BCUT2D eigenvalue weighted by molar-refractivity contribution is -0.172. The Morgan fingerprint density at radius 2 is 1.26 bits per heavy atom. The van der Waals surface area contributed by atoms with Crippen molar-refractivity contribution in [3.05, 3.63) is 38.0 Å². The van der Waals surface area contributed by atoms with Crippen molar-refractivity contribution in [2.45, 2.75) is 77.9 Å². The first-order valence-corrected chi connectivity index (χ1v) is 14.7. The van der Waals surface area contributed by atoms with E-state index < -0.39 is 78.8 Å². The van der Waals surface area contributed by atoms with Crippen molar-refractivity contribution in [2.75, 3.05) is 39.6 Å². The summed E-state index contributed by atoms with van der Waals surface area (Å²) < 4.78 is 52.6. The van der Waals surface area contributed by atoms with E-state index in [1.807, 2.05) is 13.8 Å². The van der Waals surface area contributed by atoms with Gasteiger partial charge in [-0.2, -0.15) is 0 Å². The molecule has 0 radical (unpaired) electrons. The third kappa shape index (κ3) is 14.5. The highest BCUT2D eigenvalue weighted by Gasteiger charge is 2.44. The van der Waals surface area contributed by atoms with Crippen molar-refractivity contribution in [3.63, 3.8) is 0 Å². The van der Waals surface area contributed by atoms with E-state index in [0.717, 1.165) is 18.2 Å². The molecule has 0 aromatic carbocycles. The van der Waals surface area contributed by atoms with E-state index in [-0.39, 0.29) is 24.5 Å². The summed E-state index contributed by atoms with van der Waals surface area (Å²) >= 11 is 0. The third-order valence-electron chi connectivity index (χ3n) is 7.21. The summed E-state index contributed by atoms with van der Waals surface area (Å²) in [6.07, 6.45) is 3.53. The van der Waals surface area contributed by atoms with Crippen LogP contribution in [0.2, 0.25) is 0 Å². The molecule has 0 heterocycles. The van der Waals surface area contributed by atoms with Gasteiger partial charge in [-0.1, -0.05) is 33.6 Å². The molecular weight excluding hydrogens is 610 g/mol. The summed E-state index contributed by atoms with van der Waals surface area (Å²) in [6.45, 7) is 17.1. The van der Waals surface area contributed by atoms with Gasteiger partial charge in [-0.25, -0.2) is 28.0 Å². The number of hydrogen-bond acceptors (Lipinski definition) is 10. The van der Waals surface area contributed by atoms with Crippen LogP contribution >= 0.6 is 0 Å². The van der Waals surface area contributed by atoms with Gasteiger partial charge in [-0.3, -0.25) is 4.79 Å². The van der Waals surface area contributed by atoms with Gasteiger partial charge in [0.15, 0.2) is 6.61 Å². The largest absolute Gasteiger partial charge is 0.462 e. The van der Waals surface area contributed by atoms with E-state index in [9.17, 15) is 32.8 Å². The van der Waals surface area contributed by atoms with E-state index >= 15 is 0 Å². The number of halogens is 2. The van der Waals surface area contributed by atoms with Crippen LogP contribution in [0.5, 0.6) is 0 Å². The van der Waals surface area contributed by atoms with Crippen molar-refractivity contribution in [1.29, 1.82) is 0 Å². The van der Waals surface area contributed by atoms with E-state index in [1.54, 1.807) is 6.92 Å². The number of nitrogens with one attached hydrogen (secondary N) is 2. The maximum absolute atomic E-state index is 13.3. The fraction of sp³-hybridized carbons (Fsp3) is 0.656. The molecule has 1 saturated carbocycles. The van der Waals surface area contributed by atoms with Crippen LogP contribution in [0.15, 0.2) is 38.0 Å². The van der Waals surface area contributed by atoms with Crippen molar-refractivity contribution in [3.8, 4) is 0 Å². The summed E-state index contributed by atoms with van der Waals surface area (Å²) in [5.74, 6) is -6.14. The Morgan fingerprint density at radius 3 is 1.70 bits per heavy atom. The van der Waals surface area contributed by atoms with Gasteiger partial charge in [0, 0.05) is 37.2 Å². The monoisotopic (exact) mass is 658 g/mol. The molecule has 2 N–H and O–H groups in total. The molecule has 2 unspecified atom stereocenters. The predicted molar refractivity (Wildman–Crippen MR) is 164 cm³/mol. The van der Waals surface area contributed by atoms with Crippen LogP contribution in [0.25, 0.3) is 0 Å². The van der Waals surface area contributed by atoms with Crippen LogP contribution in [-0.2, 0) is 42.9 Å². The zero-order chi connectivity index (χ0) is 35.4. The Morgan fingerprint density at radius 1 is 0.783 bits per heavy atom. The van der Waals surface area contributed by atoms with Gasteiger partial charge in [0.1, 0.15) is 25.4 Å². The number of esters is 3. The fourth-order valence-electron chi connectivity index (χ4n) is 5.35. The molecule has 46 heavy (non-hydrogen) atoms. The van der Waals surface area contributed by atoms with E-state index in [4.69, 9.17) is 23.7 Å². The first-order chi connectivity index (χ1) is 21.1. The first-order valence-electron chi connectivity index (χ1n) is 14.7. The summed E-state index contributed by atoms with van der Waals surface area (Å²) in [4.78, 5) is 61.2. The minimum absolute atomic E-state index is 0.101. The van der Waals surface area contributed by atoms with Gasteiger partial charge in [-0.15, -0.1) is 0 Å². The number of alkyl halides is 2. The second-order valence-corrected chi connectivity index (χ2v) is 13.4. The third-order valence-corrected chi connectivity index (χ3v) is 7.21. The molecule has 2 amide bonds. The molecule has 260 valence electrons. The molecule has 0 aromatic heterocycles. The highest BCUT2D eigenvalue weighted by atomic mass is 19.3. The van der Waals surface area contributed by atoms with Crippen molar-refractivity contribution < 1.29 is 56.4 Å². The summed E-state index contributed by atoms with van der Waals surface area (Å²) in [7, 11) is 0. The molecule has 0 spiro atoms. The minimum Gasteiger partial charge on any atom is -0.462 e. The molecule has 1 aliphatic carbocycles. The number of alkyl carbamates (subject to hydrolysis) is 1. The molecule has 2 atom stereocenters. The van der Waals surface area contributed by atoms with E-state index in [2.05, 4.69) is 30.4 Å². The molecule has 1 rings (SSSR count). The molecule has 0 aliphatic heterocycles. The summed E-state index contributed by atoms with van der Waals surface area (Å²) in [5, 5.41) is 5.60.